The average Bonchev–Trinajstić information content (AvgIpc) is 2.47. The maximum absolute atomic E-state index is 12.0. The lowest BCUT2D eigenvalue weighted by molar-refractivity contribution is 0.0986. The Kier molecular flexibility index (Phi) is 4.57. The van der Waals surface area contributed by atoms with E-state index < -0.39 is 0 Å². The highest BCUT2D eigenvalue weighted by molar-refractivity contribution is 5.98. The lowest BCUT2D eigenvalue weighted by atomic mass is 9.99. The molecule has 0 aliphatic heterocycles. The number of hydrogen-bond donors (Lipinski definition) is 0. The van der Waals surface area contributed by atoms with Gasteiger partial charge in [0.05, 0.1) is 5.56 Å². The summed E-state index contributed by atoms with van der Waals surface area (Å²) in [4.78, 5) is 12.0. The molecule has 0 amide bonds. The van der Waals surface area contributed by atoms with E-state index in [2.05, 4.69) is 13.8 Å². The predicted molar refractivity (Wildman–Crippen MR) is 81.7 cm³/mol. The highest BCUT2D eigenvalue weighted by Crippen LogP contribution is 2.30. The molecule has 2 aromatic rings. The number of hydrogen-bond acceptors (Lipinski definition) is 2. The summed E-state index contributed by atoms with van der Waals surface area (Å²) in [5.41, 5.74) is 1.82. The van der Waals surface area contributed by atoms with Crippen LogP contribution in [-0.2, 0) is 0 Å². The number of Topliss-reactive ketones (excluding diaryl/α,β-unsaturated/α-hetero) is 1. The molecule has 0 radical (unpaired) electrons. The van der Waals surface area contributed by atoms with Gasteiger partial charge in [-0.2, -0.15) is 0 Å². The van der Waals surface area contributed by atoms with Crippen LogP contribution in [0.4, 0.5) is 0 Å². The smallest absolute Gasteiger partial charge is 0.166 e. The van der Waals surface area contributed by atoms with Gasteiger partial charge in [-0.1, -0.05) is 45.0 Å². The van der Waals surface area contributed by atoms with E-state index in [9.17, 15) is 4.79 Å². The molecular formula is C18H20O2. The third kappa shape index (κ3) is 3.27. The highest BCUT2D eigenvalue weighted by Gasteiger charge is 2.13. The van der Waals surface area contributed by atoms with Crippen LogP contribution in [0.2, 0.25) is 0 Å². The monoisotopic (exact) mass is 268 g/mol. The number of ketones is 1. The van der Waals surface area contributed by atoms with Crippen LogP contribution in [0.15, 0.2) is 48.5 Å². The Morgan fingerprint density at radius 3 is 2.40 bits per heavy atom. The number of carbonyl (C=O) groups is 1. The van der Waals surface area contributed by atoms with E-state index >= 15 is 0 Å². The van der Waals surface area contributed by atoms with E-state index in [-0.39, 0.29) is 5.78 Å². The van der Waals surface area contributed by atoms with Crippen molar-refractivity contribution in [2.24, 2.45) is 0 Å². The van der Waals surface area contributed by atoms with Crippen LogP contribution in [0.1, 0.15) is 49.0 Å². The fourth-order valence-electron chi connectivity index (χ4n) is 2.02. The molecule has 0 aliphatic carbocycles. The summed E-state index contributed by atoms with van der Waals surface area (Å²) in [5.74, 6) is 1.90. The second-order valence-corrected chi connectivity index (χ2v) is 5.10. The van der Waals surface area contributed by atoms with Crippen LogP contribution in [0, 0.1) is 0 Å². The summed E-state index contributed by atoms with van der Waals surface area (Å²) < 4.78 is 5.90. The van der Waals surface area contributed by atoms with Crippen molar-refractivity contribution in [2.45, 2.75) is 33.1 Å². The van der Waals surface area contributed by atoms with Crippen molar-refractivity contribution in [1.82, 2.24) is 0 Å². The van der Waals surface area contributed by atoms with Crippen molar-refractivity contribution in [2.75, 3.05) is 0 Å². The summed E-state index contributed by atoms with van der Waals surface area (Å²) >= 11 is 0. The molecule has 0 heterocycles. The van der Waals surface area contributed by atoms with Crippen molar-refractivity contribution in [3.8, 4) is 11.5 Å². The Labute approximate surface area is 120 Å². The van der Waals surface area contributed by atoms with Crippen LogP contribution < -0.4 is 4.74 Å². The molecule has 104 valence electrons. The molecule has 0 N–H and O–H groups in total. The molecule has 0 unspecified atom stereocenters. The van der Waals surface area contributed by atoms with E-state index in [1.165, 1.54) is 5.56 Å². The van der Waals surface area contributed by atoms with Crippen LogP contribution >= 0.6 is 0 Å². The van der Waals surface area contributed by atoms with Gasteiger partial charge < -0.3 is 4.74 Å². The third-order valence-electron chi connectivity index (χ3n) is 3.26. The van der Waals surface area contributed by atoms with Crippen LogP contribution in [0.5, 0.6) is 11.5 Å². The SMILES string of the molecule is CCC(=O)c1ccc(C(C)C)cc1Oc1ccccc1. The van der Waals surface area contributed by atoms with Gasteiger partial charge >= 0.3 is 0 Å². The van der Waals surface area contributed by atoms with Crippen molar-refractivity contribution in [3.05, 3.63) is 59.7 Å². The van der Waals surface area contributed by atoms with Gasteiger partial charge in [0.2, 0.25) is 0 Å². The number of carbonyl (C=O) groups excluding carboxylic acids is 1. The lowest BCUT2D eigenvalue weighted by Gasteiger charge is -2.13. The molecule has 0 atom stereocenters. The van der Waals surface area contributed by atoms with E-state index in [0.717, 1.165) is 5.75 Å². The molecular weight excluding hydrogens is 248 g/mol. The quantitative estimate of drug-likeness (QED) is 0.697. The standard InChI is InChI=1S/C18H20O2/c1-4-17(19)16-11-10-14(13(2)3)12-18(16)20-15-8-6-5-7-9-15/h5-13H,4H2,1-3H3. The van der Waals surface area contributed by atoms with Gasteiger partial charge in [0.15, 0.2) is 5.78 Å². The van der Waals surface area contributed by atoms with E-state index in [1.54, 1.807) is 0 Å². The molecule has 20 heavy (non-hydrogen) atoms. The highest BCUT2D eigenvalue weighted by atomic mass is 16.5. The van der Waals surface area contributed by atoms with Gasteiger partial charge in [0.25, 0.3) is 0 Å². The minimum Gasteiger partial charge on any atom is -0.457 e. The van der Waals surface area contributed by atoms with Crippen molar-refractivity contribution >= 4 is 5.78 Å². The number of para-hydroxylation sites is 1. The van der Waals surface area contributed by atoms with Gasteiger partial charge in [0, 0.05) is 6.42 Å². The first-order valence-electron chi connectivity index (χ1n) is 7.02. The topological polar surface area (TPSA) is 26.3 Å². The Bertz CT molecular complexity index is 586. The van der Waals surface area contributed by atoms with E-state index in [0.29, 0.717) is 23.7 Å². The molecule has 2 aromatic carbocycles. The minimum atomic E-state index is 0.103. The molecule has 2 rings (SSSR count). The van der Waals surface area contributed by atoms with Crippen molar-refractivity contribution in [1.29, 1.82) is 0 Å². The summed E-state index contributed by atoms with van der Waals surface area (Å²) in [6, 6.07) is 15.4. The Morgan fingerprint density at radius 2 is 1.80 bits per heavy atom. The number of rotatable bonds is 5. The fourth-order valence-corrected chi connectivity index (χ4v) is 2.02. The van der Waals surface area contributed by atoms with Crippen molar-refractivity contribution in [3.63, 3.8) is 0 Å². The third-order valence-corrected chi connectivity index (χ3v) is 3.26. The zero-order valence-corrected chi connectivity index (χ0v) is 12.2. The average molecular weight is 268 g/mol. The normalized spacial score (nSPS) is 10.6. The van der Waals surface area contributed by atoms with Crippen LogP contribution in [0.25, 0.3) is 0 Å². The Hall–Kier alpha value is -2.09. The zero-order valence-electron chi connectivity index (χ0n) is 12.2. The van der Waals surface area contributed by atoms with Gasteiger partial charge in [-0.3, -0.25) is 4.79 Å². The molecule has 0 aromatic heterocycles. The van der Waals surface area contributed by atoms with Gasteiger partial charge in [-0.25, -0.2) is 0 Å². The molecule has 0 fully saturated rings. The van der Waals surface area contributed by atoms with Crippen LogP contribution in [0.3, 0.4) is 0 Å². The second-order valence-electron chi connectivity index (χ2n) is 5.10. The molecule has 0 spiro atoms. The predicted octanol–water partition coefficient (Wildman–Crippen LogP) is 5.20. The van der Waals surface area contributed by atoms with Gasteiger partial charge in [0.1, 0.15) is 11.5 Å². The van der Waals surface area contributed by atoms with Crippen molar-refractivity contribution < 1.29 is 9.53 Å². The van der Waals surface area contributed by atoms with Gasteiger partial charge in [-0.05, 0) is 35.7 Å². The lowest BCUT2D eigenvalue weighted by Crippen LogP contribution is -2.01. The first-order chi connectivity index (χ1) is 9.61. The fraction of sp³-hybridized carbons (Fsp3) is 0.278. The minimum absolute atomic E-state index is 0.103. The molecule has 2 heteroatoms. The maximum Gasteiger partial charge on any atom is 0.166 e. The summed E-state index contributed by atoms with van der Waals surface area (Å²) in [7, 11) is 0. The number of benzene rings is 2. The summed E-state index contributed by atoms with van der Waals surface area (Å²) in [5, 5.41) is 0. The maximum atomic E-state index is 12.0. The second kappa shape index (κ2) is 6.38. The summed E-state index contributed by atoms with van der Waals surface area (Å²) in [6.45, 7) is 6.12. The molecule has 0 aliphatic rings. The van der Waals surface area contributed by atoms with E-state index in [4.69, 9.17) is 4.74 Å². The number of ether oxygens (including phenoxy) is 1. The molecule has 0 bridgehead atoms. The largest absolute Gasteiger partial charge is 0.457 e. The zero-order chi connectivity index (χ0) is 14.5. The molecule has 0 saturated carbocycles. The first kappa shape index (κ1) is 14.3. The Morgan fingerprint density at radius 1 is 1.10 bits per heavy atom. The summed E-state index contributed by atoms with van der Waals surface area (Å²) in [6.07, 6.45) is 0.478. The van der Waals surface area contributed by atoms with E-state index in [1.807, 2.05) is 55.5 Å². The molecule has 2 nitrogen and oxygen atoms in total. The Balaban J connectivity index is 2.41. The first-order valence-corrected chi connectivity index (χ1v) is 7.02. The van der Waals surface area contributed by atoms with Gasteiger partial charge in [-0.15, -0.1) is 0 Å². The molecule has 0 saturated heterocycles. The van der Waals surface area contributed by atoms with Crippen LogP contribution in [-0.4, -0.2) is 5.78 Å².